The molecule has 0 aliphatic heterocycles. The lowest BCUT2D eigenvalue weighted by molar-refractivity contribution is -0.142. The second-order valence-corrected chi connectivity index (χ2v) is 4.68. The summed E-state index contributed by atoms with van der Waals surface area (Å²) in [5, 5.41) is 11.6. The normalized spacial score (nSPS) is 12.5. The van der Waals surface area contributed by atoms with Crippen LogP contribution >= 0.6 is 11.8 Å². The van der Waals surface area contributed by atoms with E-state index in [4.69, 9.17) is 5.11 Å². The molecule has 0 fully saturated rings. The van der Waals surface area contributed by atoms with Crippen LogP contribution in [0.3, 0.4) is 0 Å². The second kappa shape index (κ2) is 8.44. The summed E-state index contributed by atoms with van der Waals surface area (Å²) in [6.45, 7) is 3.87. The van der Waals surface area contributed by atoms with E-state index in [0.29, 0.717) is 6.42 Å². The molecule has 4 nitrogen and oxygen atoms in total. The van der Waals surface area contributed by atoms with Gasteiger partial charge in [0, 0.05) is 5.92 Å². The van der Waals surface area contributed by atoms with Gasteiger partial charge < -0.3 is 10.4 Å². The molecule has 0 unspecified atom stereocenters. The van der Waals surface area contributed by atoms with Crippen LogP contribution in [0.25, 0.3) is 0 Å². The average molecular weight is 247 g/mol. The van der Waals surface area contributed by atoms with Crippen molar-refractivity contribution in [3.8, 4) is 0 Å². The Labute approximate surface area is 101 Å². The summed E-state index contributed by atoms with van der Waals surface area (Å²) in [4.78, 5) is 22.6. The molecular weight excluding hydrogens is 226 g/mol. The van der Waals surface area contributed by atoms with Crippen LogP contribution in [0.15, 0.2) is 0 Å². The number of hydrogen-bond donors (Lipinski definition) is 2. The molecule has 0 aromatic carbocycles. The number of aliphatic carboxylic acids is 1. The Balaban J connectivity index is 4.27. The third-order valence-electron chi connectivity index (χ3n) is 2.58. The first-order chi connectivity index (χ1) is 7.56. The number of amides is 1. The number of thioether (sulfide) groups is 1. The molecule has 0 aromatic heterocycles. The number of nitrogens with one attached hydrogen (secondary N) is 1. The molecule has 16 heavy (non-hydrogen) atoms. The Morgan fingerprint density at radius 3 is 2.25 bits per heavy atom. The van der Waals surface area contributed by atoms with Crippen LogP contribution in [-0.4, -0.2) is 35.0 Å². The van der Waals surface area contributed by atoms with E-state index in [9.17, 15) is 9.59 Å². The molecule has 0 spiro atoms. The molecule has 0 aliphatic rings. The molecule has 5 heteroatoms. The highest BCUT2D eigenvalue weighted by Gasteiger charge is 2.22. The average Bonchev–Trinajstić information content (AvgIpc) is 2.25. The number of carboxylic acid groups (broad SMARTS) is 1. The van der Waals surface area contributed by atoms with Gasteiger partial charge in [0.1, 0.15) is 6.04 Å². The van der Waals surface area contributed by atoms with Crippen LogP contribution < -0.4 is 5.32 Å². The predicted molar refractivity (Wildman–Crippen MR) is 66.6 cm³/mol. The van der Waals surface area contributed by atoms with Gasteiger partial charge in [0.15, 0.2) is 0 Å². The zero-order valence-electron chi connectivity index (χ0n) is 10.2. The van der Waals surface area contributed by atoms with Crippen LogP contribution in [0.2, 0.25) is 0 Å². The quantitative estimate of drug-likeness (QED) is 0.685. The molecule has 0 heterocycles. The van der Waals surface area contributed by atoms with Crippen LogP contribution in [0, 0.1) is 5.92 Å². The first kappa shape index (κ1) is 15.3. The molecule has 0 bridgehead atoms. The lowest BCUT2D eigenvalue weighted by Gasteiger charge is -2.18. The fourth-order valence-corrected chi connectivity index (χ4v) is 1.91. The lowest BCUT2D eigenvalue weighted by atomic mass is 10.0. The molecule has 94 valence electrons. The van der Waals surface area contributed by atoms with Gasteiger partial charge in [0.2, 0.25) is 5.91 Å². The Bertz CT molecular complexity index is 229. The molecule has 2 N–H and O–H groups in total. The third kappa shape index (κ3) is 5.39. The number of rotatable bonds is 8. The van der Waals surface area contributed by atoms with Crippen molar-refractivity contribution in [1.29, 1.82) is 0 Å². The van der Waals surface area contributed by atoms with Gasteiger partial charge >= 0.3 is 5.97 Å². The lowest BCUT2D eigenvalue weighted by Crippen LogP contribution is -2.43. The Kier molecular flexibility index (Phi) is 8.07. The van der Waals surface area contributed by atoms with Gasteiger partial charge in [0.05, 0.1) is 0 Å². The van der Waals surface area contributed by atoms with Crippen molar-refractivity contribution in [2.24, 2.45) is 5.92 Å². The highest BCUT2D eigenvalue weighted by molar-refractivity contribution is 7.98. The minimum absolute atomic E-state index is 0.0730. The van der Waals surface area contributed by atoms with Crippen molar-refractivity contribution < 1.29 is 14.7 Å². The summed E-state index contributed by atoms with van der Waals surface area (Å²) in [6, 6.07) is -0.749. The van der Waals surface area contributed by atoms with Gasteiger partial charge in [-0.1, -0.05) is 13.8 Å². The third-order valence-corrected chi connectivity index (χ3v) is 3.23. The van der Waals surface area contributed by atoms with Gasteiger partial charge in [-0.15, -0.1) is 0 Å². The van der Waals surface area contributed by atoms with Crippen LogP contribution in [-0.2, 0) is 9.59 Å². The maximum atomic E-state index is 11.7. The highest BCUT2D eigenvalue weighted by atomic mass is 32.2. The summed E-state index contributed by atoms with van der Waals surface area (Å²) in [5.41, 5.74) is 0. The Hall–Kier alpha value is -0.710. The smallest absolute Gasteiger partial charge is 0.326 e. The summed E-state index contributed by atoms with van der Waals surface area (Å²) in [7, 11) is 0. The summed E-state index contributed by atoms with van der Waals surface area (Å²) in [5.74, 6) is -0.428. The number of carbonyl (C=O) groups is 2. The van der Waals surface area contributed by atoms with Crippen LogP contribution in [0.4, 0.5) is 0 Å². The minimum Gasteiger partial charge on any atom is -0.480 e. The first-order valence-electron chi connectivity index (χ1n) is 5.58. The zero-order chi connectivity index (χ0) is 12.6. The highest BCUT2D eigenvalue weighted by Crippen LogP contribution is 2.09. The van der Waals surface area contributed by atoms with Crippen LogP contribution in [0.1, 0.15) is 33.1 Å². The van der Waals surface area contributed by atoms with E-state index in [-0.39, 0.29) is 11.8 Å². The largest absolute Gasteiger partial charge is 0.480 e. The molecule has 1 amide bonds. The maximum Gasteiger partial charge on any atom is 0.326 e. The Morgan fingerprint density at radius 1 is 1.31 bits per heavy atom. The van der Waals surface area contributed by atoms with Crippen molar-refractivity contribution in [3.63, 3.8) is 0 Å². The van der Waals surface area contributed by atoms with E-state index in [1.54, 1.807) is 11.8 Å². The first-order valence-corrected chi connectivity index (χ1v) is 6.98. The van der Waals surface area contributed by atoms with Gasteiger partial charge in [-0.3, -0.25) is 4.79 Å². The zero-order valence-corrected chi connectivity index (χ0v) is 11.0. The number of carbonyl (C=O) groups excluding carboxylic acids is 1. The van der Waals surface area contributed by atoms with Gasteiger partial charge in [0.25, 0.3) is 0 Å². The van der Waals surface area contributed by atoms with E-state index in [0.717, 1.165) is 18.6 Å². The van der Waals surface area contributed by atoms with Crippen molar-refractivity contribution >= 4 is 23.6 Å². The van der Waals surface area contributed by atoms with Crippen molar-refractivity contribution in [1.82, 2.24) is 5.32 Å². The summed E-state index contributed by atoms with van der Waals surface area (Å²) < 4.78 is 0. The standard InChI is InChI=1S/C11H21NO3S/c1-4-8(5-2)10(13)12-9(11(14)15)6-7-16-3/h8-9H,4-7H2,1-3H3,(H,12,13)(H,14,15)/t9-/m0/s1. The minimum atomic E-state index is -0.951. The van der Waals surface area contributed by atoms with Crippen molar-refractivity contribution in [2.75, 3.05) is 12.0 Å². The van der Waals surface area contributed by atoms with Gasteiger partial charge in [-0.2, -0.15) is 11.8 Å². The van der Waals surface area contributed by atoms with E-state index in [1.807, 2.05) is 20.1 Å². The predicted octanol–water partition coefficient (Wildman–Crippen LogP) is 1.75. The SMILES string of the molecule is CCC(CC)C(=O)N[C@@H](CCSC)C(=O)O. The fraction of sp³-hybridized carbons (Fsp3) is 0.818. The number of carboxylic acids is 1. The number of hydrogen-bond acceptors (Lipinski definition) is 3. The van der Waals surface area contributed by atoms with Crippen molar-refractivity contribution in [2.45, 2.75) is 39.2 Å². The monoisotopic (exact) mass is 247 g/mol. The van der Waals surface area contributed by atoms with Gasteiger partial charge in [-0.25, -0.2) is 4.79 Å². The summed E-state index contributed by atoms with van der Waals surface area (Å²) in [6.07, 6.45) is 3.89. The fourth-order valence-electron chi connectivity index (χ4n) is 1.44. The van der Waals surface area contributed by atoms with E-state index < -0.39 is 12.0 Å². The van der Waals surface area contributed by atoms with E-state index in [1.165, 1.54) is 0 Å². The van der Waals surface area contributed by atoms with Crippen LogP contribution in [0.5, 0.6) is 0 Å². The topological polar surface area (TPSA) is 66.4 Å². The molecule has 0 aliphatic carbocycles. The van der Waals surface area contributed by atoms with Crippen molar-refractivity contribution in [3.05, 3.63) is 0 Å². The van der Waals surface area contributed by atoms with E-state index >= 15 is 0 Å². The van der Waals surface area contributed by atoms with E-state index in [2.05, 4.69) is 5.32 Å². The molecule has 0 saturated heterocycles. The second-order valence-electron chi connectivity index (χ2n) is 3.69. The molecule has 0 rings (SSSR count). The molecule has 1 atom stereocenters. The van der Waals surface area contributed by atoms with Gasteiger partial charge in [-0.05, 0) is 31.3 Å². The molecule has 0 radical (unpaired) electrons. The maximum absolute atomic E-state index is 11.7. The molecular formula is C11H21NO3S. The molecule has 0 aromatic rings. The molecule has 0 saturated carbocycles. The Morgan fingerprint density at radius 2 is 1.88 bits per heavy atom. The summed E-state index contributed by atoms with van der Waals surface area (Å²) >= 11 is 1.58.